The minimum Gasteiger partial charge on any atom is -0.340 e. The average molecular weight is 341 g/mol. The Morgan fingerprint density at radius 1 is 1.09 bits per heavy atom. The molecule has 5 heteroatoms. The van der Waals surface area contributed by atoms with Crippen molar-refractivity contribution < 1.29 is 4.79 Å². The fourth-order valence-corrected chi connectivity index (χ4v) is 3.92. The Balaban J connectivity index is 1.52. The quantitative estimate of drug-likeness (QED) is 0.834. The van der Waals surface area contributed by atoms with E-state index >= 15 is 0 Å². The summed E-state index contributed by atoms with van der Waals surface area (Å²) in [5.74, 6) is 0.666. The van der Waals surface area contributed by atoms with Crippen molar-refractivity contribution in [2.45, 2.75) is 32.2 Å². The van der Waals surface area contributed by atoms with Crippen molar-refractivity contribution in [1.29, 1.82) is 0 Å². The van der Waals surface area contributed by atoms with Gasteiger partial charge >= 0.3 is 0 Å². The average Bonchev–Trinajstić information content (AvgIpc) is 3.04. The molecule has 1 aromatic carbocycles. The first-order valence-corrected chi connectivity index (χ1v) is 8.84. The van der Waals surface area contributed by atoms with Gasteiger partial charge in [0, 0.05) is 48.7 Å². The highest BCUT2D eigenvalue weighted by Gasteiger charge is 2.29. The number of nitrogens with zero attached hydrogens (tertiary/aromatic N) is 2. The summed E-state index contributed by atoms with van der Waals surface area (Å²) >= 11 is 12.2. The Labute approximate surface area is 142 Å². The minimum atomic E-state index is 0.289. The van der Waals surface area contributed by atoms with Gasteiger partial charge in [-0.15, -0.1) is 0 Å². The molecule has 0 radical (unpaired) electrons. The van der Waals surface area contributed by atoms with Crippen LogP contribution in [0.15, 0.2) is 18.2 Å². The maximum Gasteiger partial charge on any atom is 0.225 e. The van der Waals surface area contributed by atoms with Crippen LogP contribution in [0.3, 0.4) is 0 Å². The van der Waals surface area contributed by atoms with Crippen molar-refractivity contribution >= 4 is 29.1 Å². The summed E-state index contributed by atoms with van der Waals surface area (Å²) in [6, 6.07) is 5.65. The summed E-state index contributed by atoms with van der Waals surface area (Å²) in [4.78, 5) is 16.8. The molecular weight excluding hydrogens is 319 g/mol. The number of piperazine rings is 1. The standard InChI is InChI=1S/C17H22Cl2N2O/c18-15-6-5-14(16(19)11-15)12-20-7-9-21(10-8-20)17(22)13-3-1-2-4-13/h5-6,11,13H,1-4,7-10,12H2. The summed E-state index contributed by atoms with van der Waals surface area (Å²) in [7, 11) is 0. The molecule has 2 aliphatic rings. The van der Waals surface area contributed by atoms with Crippen molar-refractivity contribution in [2.75, 3.05) is 26.2 Å². The van der Waals surface area contributed by atoms with Crippen molar-refractivity contribution in [2.24, 2.45) is 5.92 Å². The summed E-state index contributed by atoms with van der Waals surface area (Å²) in [6.45, 7) is 4.32. The van der Waals surface area contributed by atoms with E-state index in [1.807, 2.05) is 12.1 Å². The first-order valence-electron chi connectivity index (χ1n) is 8.08. The molecule has 1 saturated carbocycles. The molecule has 1 aliphatic carbocycles. The molecule has 1 amide bonds. The van der Waals surface area contributed by atoms with Crippen LogP contribution in [0, 0.1) is 5.92 Å². The van der Waals surface area contributed by atoms with Crippen LogP contribution in [0.5, 0.6) is 0 Å². The highest BCUT2D eigenvalue weighted by atomic mass is 35.5. The SMILES string of the molecule is O=C(C1CCCC1)N1CCN(Cc2ccc(Cl)cc2Cl)CC1. The number of hydrogen-bond acceptors (Lipinski definition) is 2. The van der Waals surface area contributed by atoms with E-state index in [4.69, 9.17) is 23.2 Å². The van der Waals surface area contributed by atoms with E-state index < -0.39 is 0 Å². The fourth-order valence-electron chi connectivity index (χ4n) is 3.45. The number of amides is 1. The molecule has 0 aromatic heterocycles. The van der Waals surface area contributed by atoms with Gasteiger partial charge in [-0.1, -0.05) is 42.1 Å². The highest BCUT2D eigenvalue weighted by Crippen LogP contribution is 2.27. The van der Waals surface area contributed by atoms with E-state index in [9.17, 15) is 4.79 Å². The smallest absolute Gasteiger partial charge is 0.225 e. The van der Waals surface area contributed by atoms with Crippen LogP contribution in [0.1, 0.15) is 31.2 Å². The summed E-state index contributed by atoms with van der Waals surface area (Å²) in [6.07, 6.45) is 4.59. The van der Waals surface area contributed by atoms with Crippen LogP contribution in [-0.4, -0.2) is 41.9 Å². The van der Waals surface area contributed by atoms with Crippen molar-refractivity contribution in [3.05, 3.63) is 33.8 Å². The Bertz CT molecular complexity index is 535. The zero-order valence-electron chi connectivity index (χ0n) is 12.7. The van der Waals surface area contributed by atoms with Crippen LogP contribution in [0.2, 0.25) is 10.0 Å². The monoisotopic (exact) mass is 340 g/mol. The number of carbonyl (C=O) groups excluding carboxylic acids is 1. The zero-order chi connectivity index (χ0) is 15.5. The first kappa shape index (κ1) is 16.1. The van der Waals surface area contributed by atoms with Crippen LogP contribution in [0.4, 0.5) is 0 Å². The predicted molar refractivity (Wildman–Crippen MR) is 90.3 cm³/mol. The Hall–Kier alpha value is -0.770. The second-order valence-electron chi connectivity index (χ2n) is 6.32. The van der Waals surface area contributed by atoms with Gasteiger partial charge in [0.25, 0.3) is 0 Å². The third-order valence-corrected chi connectivity index (χ3v) is 5.38. The second kappa shape index (κ2) is 7.20. The lowest BCUT2D eigenvalue weighted by atomic mass is 10.1. The lowest BCUT2D eigenvalue weighted by Gasteiger charge is -2.36. The molecule has 1 aromatic rings. The van der Waals surface area contributed by atoms with E-state index in [-0.39, 0.29) is 5.92 Å². The van der Waals surface area contributed by atoms with Gasteiger partial charge in [0.15, 0.2) is 0 Å². The van der Waals surface area contributed by atoms with Gasteiger partial charge < -0.3 is 4.90 Å². The first-order chi connectivity index (χ1) is 10.6. The number of carbonyl (C=O) groups is 1. The Morgan fingerprint density at radius 2 is 1.77 bits per heavy atom. The number of benzene rings is 1. The number of halogens is 2. The number of rotatable bonds is 3. The van der Waals surface area contributed by atoms with Gasteiger partial charge in [-0.3, -0.25) is 9.69 Å². The molecular formula is C17H22Cl2N2O. The maximum atomic E-state index is 12.4. The molecule has 120 valence electrons. The molecule has 3 nitrogen and oxygen atoms in total. The van der Waals surface area contributed by atoms with Crippen LogP contribution in [0.25, 0.3) is 0 Å². The zero-order valence-corrected chi connectivity index (χ0v) is 14.2. The lowest BCUT2D eigenvalue weighted by Crippen LogP contribution is -2.49. The molecule has 0 bridgehead atoms. The Kier molecular flexibility index (Phi) is 5.27. The topological polar surface area (TPSA) is 23.6 Å². The lowest BCUT2D eigenvalue weighted by molar-refractivity contribution is -0.137. The largest absolute Gasteiger partial charge is 0.340 e. The van der Waals surface area contributed by atoms with Gasteiger partial charge in [0.2, 0.25) is 5.91 Å². The molecule has 2 fully saturated rings. The third-order valence-electron chi connectivity index (χ3n) is 4.80. The van der Waals surface area contributed by atoms with Crippen molar-refractivity contribution in [3.8, 4) is 0 Å². The van der Waals surface area contributed by atoms with Gasteiger partial charge in [0.05, 0.1) is 0 Å². The molecule has 0 atom stereocenters. The summed E-state index contributed by atoms with van der Waals surface area (Å²) < 4.78 is 0. The summed E-state index contributed by atoms with van der Waals surface area (Å²) in [5, 5.41) is 1.39. The fraction of sp³-hybridized carbons (Fsp3) is 0.588. The number of hydrogen-bond donors (Lipinski definition) is 0. The molecule has 1 heterocycles. The molecule has 0 N–H and O–H groups in total. The van der Waals surface area contributed by atoms with E-state index in [2.05, 4.69) is 9.80 Å². The van der Waals surface area contributed by atoms with Gasteiger partial charge in [0.1, 0.15) is 0 Å². The maximum absolute atomic E-state index is 12.4. The highest BCUT2D eigenvalue weighted by molar-refractivity contribution is 6.35. The summed E-state index contributed by atoms with van der Waals surface area (Å²) in [5.41, 5.74) is 1.10. The second-order valence-corrected chi connectivity index (χ2v) is 7.16. The Morgan fingerprint density at radius 3 is 2.41 bits per heavy atom. The predicted octanol–water partition coefficient (Wildman–Crippen LogP) is 3.83. The van der Waals surface area contributed by atoms with Gasteiger partial charge in [-0.25, -0.2) is 0 Å². The van der Waals surface area contributed by atoms with E-state index in [1.54, 1.807) is 6.07 Å². The minimum absolute atomic E-state index is 0.289. The van der Waals surface area contributed by atoms with Crippen molar-refractivity contribution in [1.82, 2.24) is 9.80 Å². The van der Waals surface area contributed by atoms with Crippen molar-refractivity contribution in [3.63, 3.8) is 0 Å². The van der Waals surface area contributed by atoms with E-state index in [0.717, 1.165) is 56.2 Å². The van der Waals surface area contributed by atoms with Gasteiger partial charge in [-0.05, 0) is 30.5 Å². The van der Waals surface area contributed by atoms with Crippen LogP contribution in [-0.2, 0) is 11.3 Å². The van der Waals surface area contributed by atoms with Crippen LogP contribution < -0.4 is 0 Å². The normalized spacial score (nSPS) is 20.5. The molecule has 1 aliphatic heterocycles. The molecule has 22 heavy (non-hydrogen) atoms. The molecule has 1 saturated heterocycles. The van der Waals surface area contributed by atoms with E-state index in [0.29, 0.717) is 10.9 Å². The third kappa shape index (κ3) is 3.76. The molecule has 3 rings (SSSR count). The van der Waals surface area contributed by atoms with Gasteiger partial charge in [-0.2, -0.15) is 0 Å². The van der Waals surface area contributed by atoms with Crippen LogP contribution >= 0.6 is 23.2 Å². The molecule has 0 unspecified atom stereocenters. The molecule has 0 spiro atoms. The van der Waals surface area contributed by atoms with E-state index in [1.165, 1.54) is 12.8 Å².